The van der Waals surface area contributed by atoms with E-state index < -0.39 is 0 Å². The molecular formula is C47H86O4. The predicted molar refractivity (Wildman–Crippen MR) is 215 cm³/mol. The number of esters is 2. The van der Waals surface area contributed by atoms with Crippen LogP contribution in [-0.4, -0.2) is 25.2 Å². The van der Waals surface area contributed by atoms with Gasteiger partial charge in [0.25, 0.3) is 0 Å². The molecule has 0 heterocycles. The van der Waals surface area contributed by atoms with Gasteiger partial charge >= 0.3 is 11.9 Å². The van der Waals surface area contributed by atoms with Crippen molar-refractivity contribution in [2.24, 2.45) is 64.1 Å². The second-order valence-corrected chi connectivity index (χ2v) is 19.6. The minimum Gasteiger partial charge on any atom is -0.465 e. The van der Waals surface area contributed by atoms with Crippen LogP contribution in [-0.2, 0) is 19.1 Å². The van der Waals surface area contributed by atoms with Crippen LogP contribution in [0.15, 0.2) is 0 Å². The molecule has 0 radical (unpaired) electrons. The lowest BCUT2D eigenvalue weighted by Crippen LogP contribution is -2.39. The van der Waals surface area contributed by atoms with Gasteiger partial charge in [0.1, 0.15) is 0 Å². The third kappa shape index (κ3) is 14.6. The van der Waals surface area contributed by atoms with Crippen molar-refractivity contribution in [2.75, 3.05) is 13.2 Å². The summed E-state index contributed by atoms with van der Waals surface area (Å²) in [4.78, 5) is 27.2. The molecule has 298 valence electrons. The topological polar surface area (TPSA) is 52.6 Å². The number of carbonyl (C=O) groups excluding carboxylic acids is 2. The van der Waals surface area contributed by atoms with Crippen molar-refractivity contribution in [1.29, 1.82) is 0 Å². The number of rotatable bonds is 22. The molecule has 0 bridgehead atoms. The van der Waals surface area contributed by atoms with Crippen LogP contribution in [0.25, 0.3) is 0 Å². The van der Waals surface area contributed by atoms with Crippen LogP contribution in [0.1, 0.15) is 210 Å². The van der Waals surface area contributed by atoms with Gasteiger partial charge in [-0.1, -0.05) is 114 Å². The molecule has 51 heavy (non-hydrogen) atoms. The minimum absolute atomic E-state index is 0.144. The molecular weight excluding hydrogens is 629 g/mol. The quantitative estimate of drug-likeness (QED) is 0.105. The summed E-state index contributed by atoms with van der Waals surface area (Å²) >= 11 is 0. The van der Waals surface area contributed by atoms with Crippen LogP contribution >= 0.6 is 0 Å². The van der Waals surface area contributed by atoms with Crippen LogP contribution in [0.3, 0.4) is 0 Å². The maximum Gasteiger partial charge on any atom is 0.309 e. The predicted octanol–water partition coefficient (Wildman–Crippen LogP) is 13.8. The fourth-order valence-electron chi connectivity index (χ4n) is 11.2. The summed E-state index contributed by atoms with van der Waals surface area (Å²) in [7, 11) is 0. The van der Waals surface area contributed by atoms with E-state index in [1.807, 2.05) is 0 Å². The highest BCUT2D eigenvalue weighted by atomic mass is 16.5. The molecule has 3 fully saturated rings. The van der Waals surface area contributed by atoms with Crippen molar-refractivity contribution >= 4 is 11.9 Å². The Morgan fingerprint density at radius 2 is 1.00 bits per heavy atom. The Balaban J connectivity index is 1.43. The summed E-state index contributed by atoms with van der Waals surface area (Å²) in [5.74, 6) is 3.58. The zero-order valence-electron chi connectivity index (χ0n) is 35.5. The van der Waals surface area contributed by atoms with E-state index in [4.69, 9.17) is 9.47 Å². The minimum atomic E-state index is -0.351. The molecule has 0 aromatic rings. The van der Waals surface area contributed by atoms with E-state index in [2.05, 4.69) is 62.3 Å². The first-order valence-corrected chi connectivity index (χ1v) is 22.7. The van der Waals surface area contributed by atoms with Gasteiger partial charge in [0, 0.05) is 0 Å². The maximum atomic E-state index is 13.6. The molecule has 4 heteroatoms. The first kappa shape index (κ1) is 44.3. The number of unbranched alkanes of at least 4 members (excludes halogenated alkanes) is 2. The number of hydrogen-bond acceptors (Lipinski definition) is 4. The Morgan fingerprint density at radius 1 is 0.588 bits per heavy atom. The summed E-state index contributed by atoms with van der Waals surface area (Å²) in [6.45, 7) is 22.5. The van der Waals surface area contributed by atoms with Crippen LogP contribution in [0.4, 0.5) is 0 Å². The van der Waals surface area contributed by atoms with Crippen molar-refractivity contribution < 1.29 is 19.1 Å². The average Bonchev–Trinajstić information content (AvgIpc) is 3.12. The number of carbonyl (C=O) groups is 2. The molecule has 7 atom stereocenters. The van der Waals surface area contributed by atoms with E-state index in [0.717, 1.165) is 68.6 Å². The normalized spacial score (nSPS) is 32.5. The van der Waals surface area contributed by atoms with Gasteiger partial charge < -0.3 is 9.47 Å². The molecule has 3 aliphatic rings. The van der Waals surface area contributed by atoms with Crippen molar-refractivity contribution in [3.05, 3.63) is 0 Å². The standard InChI is InChI=1S/C47H86O4/c1-10-14-16-35(5)28-38(8)31-46(12-3)24-20-40(21-25-46)33-50-44(48)42-19-18-37(7)30-43(42)45(49)51-34-41-22-26-47(13-4,27-23-41)32-39(9)29-36(6)17-15-11-2/h35-43H,10-34H2,1-9H3. The third-order valence-electron chi connectivity index (χ3n) is 14.7. The van der Waals surface area contributed by atoms with E-state index in [1.165, 1.54) is 103 Å². The van der Waals surface area contributed by atoms with E-state index in [0.29, 0.717) is 41.8 Å². The van der Waals surface area contributed by atoms with Gasteiger partial charge in [0.15, 0.2) is 0 Å². The summed E-state index contributed by atoms with van der Waals surface area (Å²) in [6.07, 6.45) is 28.1. The van der Waals surface area contributed by atoms with Gasteiger partial charge in [0.05, 0.1) is 25.0 Å². The smallest absolute Gasteiger partial charge is 0.309 e. The number of hydrogen-bond donors (Lipinski definition) is 0. The van der Waals surface area contributed by atoms with Crippen molar-refractivity contribution in [2.45, 2.75) is 210 Å². The van der Waals surface area contributed by atoms with Crippen molar-refractivity contribution in [1.82, 2.24) is 0 Å². The largest absolute Gasteiger partial charge is 0.465 e. The lowest BCUT2D eigenvalue weighted by molar-refractivity contribution is -0.165. The first-order chi connectivity index (χ1) is 24.4. The summed E-state index contributed by atoms with van der Waals surface area (Å²) in [5.41, 5.74) is 0.916. The molecule has 3 saturated carbocycles. The molecule has 3 aliphatic carbocycles. The zero-order chi connectivity index (χ0) is 37.4. The van der Waals surface area contributed by atoms with Crippen molar-refractivity contribution in [3.63, 3.8) is 0 Å². The summed E-state index contributed by atoms with van der Waals surface area (Å²) in [5, 5.41) is 0. The van der Waals surface area contributed by atoms with Crippen molar-refractivity contribution in [3.8, 4) is 0 Å². The monoisotopic (exact) mass is 715 g/mol. The molecule has 7 unspecified atom stereocenters. The Labute approximate surface area is 317 Å². The van der Waals surface area contributed by atoms with Crippen LogP contribution in [0.2, 0.25) is 0 Å². The molecule has 0 spiro atoms. The maximum absolute atomic E-state index is 13.6. The first-order valence-electron chi connectivity index (χ1n) is 22.7. The zero-order valence-corrected chi connectivity index (χ0v) is 35.5. The van der Waals surface area contributed by atoms with E-state index in [1.54, 1.807) is 0 Å². The van der Waals surface area contributed by atoms with Crippen LogP contribution in [0.5, 0.6) is 0 Å². The lowest BCUT2D eigenvalue weighted by atomic mass is 9.64. The molecule has 4 nitrogen and oxygen atoms in total. The summed E-state index contributed by atoms with van der Waals surface area (Å²) < 4.78 is 12.1. The fourth-order valence-corrected chi connectivity index (χ4v) is 11.2. The highest BCUT2D eigenvalue weighted by molar-refractivity contribution is 5.82. The third-order valence-corrected chi connectivity index (χ3v) is 14.7. The molecule has 0 aliphatic heterocycles. The highest BCUT2D eigenvalue weighted by Gasteiger charge is 2.42. The van der Waals surface area contributed by atoms with Crippen LogP contribution < -0.4 is 0 Å². The Kier molecular flexibility index (Phi) is 19.4. The lowest BCUT2D eigenvalue weighted by Gasteiger charge is -2.42. The van der Waals surface area contributed by atoms with E-state index in [9.17, 15) is 9.59 Å². The van der Waals surface area contributed by atoms with Crippen LogP contribution in [0, 0.1) is 64.1 Å². The second kappa shape index (κ2) is 22.4. The second-order valence-electron chi connectivity index (χ2n) is 19.6. The fraction of sp³-hybridized carbons (Fsp3) is 0.957. The molecule has 0 aromatic heterocycles. The van der Waals surface area contributed by atoms with Gasteiger partial charge in [0.2, 0.25) is 0 Å². The van der Waals surface area contributed by atoms with E-state index in [-0.39, 0.29) is 23.8 Å². The molecule has 0 N–H and O–H groups in total. The Bertz CT molecular complexity index is 973. The SMILES string of the molecule is CCCCC(C)CC(C)CC1(CC)CCC(COC(=O)C2CCC(C)CC2C(=O)OCC2CCC(CC)(CC(C)CC(C)CCCC)CC2)CC1. The summed E-state index contributed by atoms with van der Waals surface area (Å²) in [6, 6.07) is 0. The van der Waals surface area contributed by atoms with Gasteiger partial charge in [-0.25, -0.2) is 0 Å². The Morgan fingerprint density at radius 3 is 1.39 bits per heavy atom. The molecule has 0 aromatic carbocycles. The molecule has 0 amide bonds. The van der Waals surface area contributed by atoms with Gasteiger partial charge in [-0.05, 0) is 149 Å². The molecule has 3 rings (SSSR count). The van der Waals surface area contributed by atoms with E-state index >= 15 is 0 Å². The van der Waals surface area contributed by atoms with Gasteiger partial charge in [-0.3, -0.25) is 9.59 Å². The highest BCUT2D eigenvalue weighted by Crippen LogP contribution is 2.48. The Hall–Kier alpha value is -1.06. The van der Waals surface area contributed by atoms with Gasteiger partial charge in [-0.2, -0.15) is 0 Å². The average molecular weight is 715 g/mol. The number of ether oxygens (including phenoxy) is 2. The van der Waals surface area contributed by atoms with Gasteiger partial charge in [-0.15, -0.1) is 0 Å². The molecule has 0 saturated heterocycles.